The van der Waals surface area contributed by atoms with Crippen molar-refractivity contribution in [3.8, 4) is 0 Å². The molecule has 6 heteroatoms. The Balaban J connectivity index is 1.69. The molecule has 0 aliphatic carbocycles. The van der Waals surface area contributed by atoms with Crippen molar-refractivity contribution in [2.45, 2.75) is 26.0 Å². The van der Waals surface area contributed by atoms with Crippen LogP contribution in [0.1, 0.15) is 35.8 Å². The largest absolute Gasteiger partial charge is 0.449 e. The Hall–Kier alpha value is -2.56. The van der Waals surface area contributed by atoms with Crippen LogP contribution in [0.5, 0.6) is 0 Å². The lowest BCUT2D eigenvalue weighted by Crippen LogP contribution is -2.37. The number of nitrogens with one attached hydrogen (secondary N) is 1. The second-order valence-corrected chi connectivity index (χ2v) is 7.31. The van der Waals surface area contributed by atoms with E-state index in [1.807, 2.05) is 30.3 Å². The van der Waals surface area contributed by atoms with E-state index in [-0.39, 0.29) is 6.04 Å². The molecule has 0 saturated carbocycles. The van der Waals surface area contributed by atoms with Gasteiger partial charge in [-0.3, -0.25) is 4.79 Å². The lowest BCUT2D eigenvalue weighted by atomic mass is 10.0. The van der Waals surface area contributed by atoms with Crippen LogP contribution in [0.4, 0.5) is 0 Å². The van der Waals surface area contributed by atoms with Crippen LogP contribution in [0, 0.1) is 0 Å². The normalized spacial score (nSPS) is 13.0. The number of hydrogen-bond acceptors (Lipinski definition) is 3. The molecular formula is C22H19Cl2NO3. The van der Waals surface area contributed by atoms with Crippen molar-refractivity contribution in [1.82, 2.24) is 5.32 Å². The summed E-state index contributed by atoms with van der Waals surface area (Å²) >= 11 is 12.1. The number of esters is 1. The fraction of sp³-hybridized carbons (Fsp3) is 0.182. The molecule has 0 radical (unpaired) electrons. The Kier molecular flexibility index (Phi) is 6.22. The first-order chi connectivity index (χ1) is 13.4. The topological polar surface area (TPSA) is 55.4 Å². The Bertz CT molecular complexity index is 1030. The Morgan fingerprint density at radius 1 is 0.964 bits per heavy atom. The number of carbonyl (C=O) groups excluding carboxylic acids is 2. The number of halogens is 2. The number of ether oxygens (including phenoxy) is 1. The second-order valence-electron chi connectivity index (χ2n) is 6.47. The van der Waals surface area contributed by atoms with Crippen LogP contribution in [0.15, 0.2) is 60.7 Å². The zero-order valence-corrected chi connectivity index (χ0v) is 16.9. The Morgan fingerprint density at radius 2 is 1.68 bits per heavy atom. The van der Waals surface area contributed by atoms with Gasteiger partial charge in [0.2, 0.25) is 0 Å². The molecule has 1 N–H and O–H groups in total. The summed E-state index contributed by atoms with van der Waals surface area (Å²) in [6.45, 7) is 3.33. The van der Waals surface area contributed by atoms with Crippen molar-refractivity contribution < 1.29 is 14.3 Å². The highest BCUT2D eigenvalue weighted by molar-refractivity contribution is 6.35. The zero-order valence-electron chi connectivity index (χ0n) is 15.4. The highest BCUT2D eigenvalue weighted by Crippen LogP contribution is 2.26. The third kappa shape index (κ3) is 4.46. The van der Waals surface area contributed by atoms with E-state index in [1.54, 1.807) is 37.3 Å². The molecule has 28 heavy (non-hydrogen) atoms. The van der Waals surface area contributed by atoms with Gasteiger partial charge in [0.05, 0.1) is 11.6 Å². The fourth-order valence-electron chi connectivity index (χ4n) is 2.94. The third-order valence-electron chi connectivity index (χ3n) is 4.45. The zero-order chi connectivity index (χ0) is 20.3. The van der Waals surface area contributed by atoms with Crippen molar-refractivity contribution in [2.75, 3.05) is 0 Å². The first kappa shape index (κ1) is 20.2. The van der Waals surface area contributed by atoms with Crippen molar-refractivity contribution in [3.05, 3.63) is 81.8 Å². The van der Waals surface area contributed by atoms with Crippen LogP contribution in [-0.2, 0) is 9.53 Å². The summed E-state index contributed by atoms with van der Waals surface area (Å²) in [5, 5.41) is 5.50. The quantitative estimate of drug-likeness (QED) is 0.554. The van der Waals surface area contributed by atoms with Crippen LogP contribution in [0.2, 0.25) is 10.0 Å². The van der Waals surface area contributed by atoms with Gasteiger partial charge in [-0.1, -0.05) is 65.7 Å². The SMILES string of the molecule is C[C@H](OC(=O)c1cccc2ccccc12)C(=O)N[C@H](C)c1ccc(Cl)cc1Cl. The predicted octanol–water partition coefficient (Wildman–Crippen LogP) is 5.57. The van der Waals surface area contributed by atoms with Gasteiger partial charge in [0, 0.05) is 10.0 Å². The molecule has 0 aliphatic rings. The van der Waals surface area contributed by atoms with Crippen LogP contribution in [0.25, 0.3) is 10.8 Å². The third-order valence-corrected chi connectivity index (χ3v) is 5.01. The van der Waals surface area contributed by atoms with Crippen molar-refractivity contribution in [2.24, 2.45) is 0 Å². The van der Waals surface area contributed by atoms with E-state index in [4.69, 9.17) is 27.9 Å². The molecule has 0 aromatic heterocycles. The molecule has 1 amide bonds. The Labute approximate surface area is 173 Å². The molecule has 0 spiro atoms. The molecule has 144 valence electrons. The lowest BCUT2D eigenvalue weighted by Gasteiger charge is -2.19. The number of carbonyl (C=O) groups is 2. The average molecular weight is 416 g/mol. The molecule has 0 unspecified atom stereocenters. The molecule has 3 rings (SSSR count). The van der Waals surface area contributed by atoms with E-state index in [1.165, 1.54) is 6.92 Å². The highest BCUT2D eigenvalue weighted by atomic mass is 35.5. The summed E-state index contributed by atoms with van der Waals surface area (Å²) < 4.78 is 5.39. The van der Waals surface area contributed by atoms with E-state index in [0.29, 0.717) is 15.6 Å². The minimum atomic E-state index is -0.958. The van der Waals surface area contributed by atoms with Gasteiger partial charge in [-0.05, 0) is 48.4 Å². The van der Waals surface area contributed by atoms with Gasteiger partial charge in [-0.15, -0.1) is 0 Å². The summed E-state index contributed by atoms with van der Waals surface area (Å²) in [7, 11) is 0. The molecule has 0 saturated heterocycles. The van der Waals surface area contributed by atoms with E-state index in [9.17, 15) is 9.59 Å². The number of amides is 1. The van der Waals surface area contributed by atoms with Crippen LogP contribution in [0.3, 0.4) is 0 Å². The average Bonchev–Trinajstić information content (AvgIpc) is 2.67. The highest BCUT2D eigenvalue weighted by Gasteiger charge is 2.22. The monoisotopic (exact) mass is 415 g/mol. The van der Waals surface area contributed by atoms with Gasteiger partial charge in [0.25, 0.3) is 5.91 Å². The van der Waals surface area contributed by atoms with Crippen LogP contribution in [-0.4, -0.2) is 18.0 Å². The van der Waals surface area contributed by atoms with E-state index >= 15 is 0 Å². The smallest absolute Gasteiger partial charge is 0.339 e. The van der Waals surface area contributed by atoms with E-state index < -0.39 is 18.0 Å². The number of fused-ring (bicyclic) bond motifs is 1. The minimum absolute atomic E-state index is 0.365. The maximum absolute atomic E-state index is 12.6. The van der Waals surface area contributed by atoms with Gasteiger partial charge < -0.3 is 10.1 Å². The summed E-state index contributed by atoms with van der Waals surface area (Å²) in [6.07, 6.45) is -0.958. The molecule has 0 bridgehead atoms. The van der Waals surface area contributed by atoms with Gasteiger partial charge in [-0.25, -0.2) is 4.79 Å². The number of rotatable bonds is 5. The van der Waals surface area contributed by atoms with Gasteiger partial charge in [0.15, 0.2) is 6.10 Å². The lowest BCUT2D eigenvalue weighted by molar-refractivity contribution is -0.129. The van der Waals surface area contributed by atoms with Gasteiger partial charge in [-0.2, -0.15) is 0 Å². The molecule has 0 aliphatic heterocycles. The van der Waals surface area contributed by atoms with Crippen molar-refractivity contribution in [1.29, 1.82) is 0 Å². The van der Waals surface area contributed by atoms with Gasteiger partial charge in [0.1, 0.15) is 0 Å². The van der Waals surface area contributed by atoms with E-state index in [2.05, 4.69) is 5.32 Å². The first-order valence-electron chi connectivity index (χ1n) is 8.81. The molecule has 3 aromatic carbocycles. The number of hydrogen-bond donors (Lipinski definition) is 1. The van der Waals surface area contributed by atoms with Gasteiger partial charge >= 0.3 is 5.97 Å². The van der Waals surface area contributed by atoms with Crippen LogP contribution >= 0.6 is 23.2 Å². The fourth-order valence-corrected chi connectivity index (χ4v) is 3.51. The molecule has 3 aromatic rings. The molecule has 2 atom stereocenters. The standard InChI is InChI=1S/C22H19Cl2NO3/c1-13(17-11-10-16(23)12-20(17)24)25-21(26)14(2)28-22(27)19-9-5-7-15-6-3-4-8-18(15)19/h3-14H,1-2H3,(H,25,26)/t13-,14+/m1/s1. The molecule has 0 heterocycles. The first-order valence-corrected chi connectivity index (χ1v) is 9.56. The summed E-state index contributed by atoms with van der Waals surface area (Å²) in [5.74, 6) is -0.955. The molecular weight excluding hydrogens is 397 g/mol. The molecule has 0 fully saturated rings. The maximum Gasteiger partial charge on any atom is 0.339 e. The van der Waals surface area contributed by atoms with Crippen LogP contribution < -0.4 is 5.32 Å². The summed E-state index contributed by atoms with van der Waals surface area (Å²) in [4.78, 5) is 25.1. The van der Waals surface area contributed by atoms with Crippen molar-refractivity contribution in [3.63, 3.8) is 0 Å². The summed E-state index contributed by atoms with van der Waals surface area (Å²) in [6, 6.07) is 17.6. The van der Waals surface area contributed by atoms with E-state index in [0.717, 1.165) is 16.3 Å². The minimum Gasteiger partial charge on any atom is -0.449 e. The Morgan fingerprint density at radius 3 is 2.43 bits per heavy atom. The predicted molar refractivity (Wildman–Crippen MR) is 112 cm³/mol. The molecule has 4 nitrogen and oxygen atoms in total. The second kappa shape index (κ2) is 8.63. The maximum atomic E-state index is 12.6. The van der Waals surface area contributed by atoms with Crippen molar-refractivity contribution >= 4 is 45.9 Å². The summed E-state index contributed by atoms with van der Waals surface area (Å²) in [5.41, 5.74) is 1.15. The number of benzene rings is 3.